The highest BCUT2D eigenvalue weighted by Crippen LogP contribution is 2.39. The fraction of sp³-hybridized carbons (Fsp3) is 0.154. The molecule has 0 saturated carbocycles. The lowest BCUT2D eigenvalue weighted by molar-refractivity contribution is -0.113. The number of allylic oxidation sites excluding steroid dienone is 1. The van der Waals surface area contributed by atoms with Crippen molar-refractivity contribution in [2.24, 2.45) is 0 Å². The van der Waals surface area contributed by atoms with E-state index in [2.05, 4.69) is 15.6 Å². The number of hydrogen-bond acceptors (Lipinski definition) is 6. The molecule has 4 aromatic rings. The number of carbonyl (C=O) groups excluding carboxylic acids is 1. The molecule has 9 heteroatoms. The minimum atomic E-state index is -0.583. The number of fused-ring (bicyclic) bond motifs is 1. The summed E-state index contributed by atoms with van der Waals surface area (Å²) in [6.45, 7) is 4.38. The highest BCUT2D eigenvalue weighted by molar-refractivity contribution is 6.31. The van der Waals surface area contributed by atoms with Gasteiger partial charge in [0.05, 0.1) is 24.1 Å². The van der Waals surface area contributed by atoms with Gasteiger partial charge in [-0.15, -0.1) is 5.10 Å². The maximum Gasteiger partial charge on any atom is 0.255 e. The Morgan fingerprint density at radius 3 is 2.66 bits per heavy atom. The zero-order valence-electron chi connectivity index (χ0n) is 19.2. The molecule has 0 saturated heterocycles. The summed E-state index contributed by atoms with van der Waals surface area (Å²) < 4.78 is 7.25. The van der Waals surface area contributed by atoms with E-state index in [1.807, 2.05) is 56.3 Å². The average Bonchev–Trinajstić information content (AvgIpc) is 3.28. The fourth-order valence-electron chi connectivity index (χ4n) is 4.05. The number of benzene rings is 2. The van der Waals surface area contributed by atoms with Crippen molar-refractivity contribution in [2.75, 3.05) is 17.2 Å². The number of rotatable bonds is 6. The Kier molecular flexibility index (Phi) is 6.20. The second-order valence-electron chi connectivity index (χ2n) is 7.94. The number of hydrogen-bond donors (Lipinski definition) is 2. The second-order valence-corrected chi connectivity index (χ2v) is 8.35. The minimum Gasteiger partial charge on any atom is -0.494 e. The van der Waals surface area contributed by atoms with Crippen LogP contribution in [0.1, 0.15) is 25.5 Å². The number of amides is 1. The first-order valence-corrected chi connectivity index (χ1v) is 11.6. The van der Waals surface area contributed by atoms with E-state index in [9.17, 15) is 4.79 Å². The third-order valence-corrected chi connectivity index (χ3v) is 5.98. The van der Waals surface area contributed by atoms with E-state index in [1.165, 1.54) is 0 Å². The van der Waals surface area contributed by atoms with Gasteiger partial charge in [-0.1, -0.05) is 29.8 Å². The first-order valence-electron chi connectivity index (χ1n) is 11.2. The van der Waals surface area contributed by atoms with Crippen LogP contribution in [-0.2, 0) is 4.79 Å². The molecular formula is C26H23ClN6O2. The Balaban J connectivity index is 1.58. The summed E-state index contributed by atoms with van der Waals surface area (Å²) in [5.41, 5.74) is 3.31. The smallest absolute Gasteiger partial charge is 0.255 e. The second kappa shape index (κ2) is 9.60. The van der Waals surface area contributed by atoms with Crippen molar-refractivity contribution in [2.45, 2.75) is 19.9 Å². The van der Waals surface area contributed by atoms with E-state index < -0.39 is 6.04 Å². The number of anilines is 2. The molecule has 8 nitrogen and oxygen atoms in total. The van der Waals surface area contributed by atoms with Crippen molar-refractivity contribution in [3.05, 3.63) is 94.9 Å². The quantitative estimate of drug-likeness (QED) is 0.383. The van der Waals surface area contributed by atoms with E-state index in [0.717, 1.165) is 16.9 Å². The van der Waals surface area contributed by atoms with Gasteiger partial charge in [-0.2, -0.15) is 4.98 Å². The molecule has 0 bridgehead atoms. The summed E-state index contributed by atoms with van der Waals surface area (Å²) in [7, 11) is 0. The van der Waals surface area contributed by atoms with Gasteiger partial charge in [0.2, 0.25) is 5.95 Å². The van der Waals surface area contributed by atoms with Gasteiger partial charge in [0, 0.05) is 28.0 Å². The van der Waals surface area contributed by atoms with E-state index in [-0.39, 0.29) is 5.91 Å². The number of pyridine rings is 1. The van der Waals surface area contributed by atoms with Gasteiger partial charge in [0.25, 0.3) is 5.91 Å². The van der Waals surface area contributed by atoms with E-state index in [4.69, 9.17) is 26.4 Å². The first-order chi connectivity index (χ1) is 17.0. The number of ether oxygens (including phenoxy) is 1. The minimum absolute atomic E-state index is 0.281. The van der Waals surface area contributed by atoms with Crippen molar-refractivity contribution < 1.29 is 9.53 Å². The highest BCUT2D eigenvalue weighted by Gasteiger charge is 2.35. The van der Waals surface area contributed by atoms with Crippen LogP contribution in [0.25, 0.3) is 11.4 Å². The molecule has 2 aromatic carbocycles. The predicted molar refractivity (Wildman–Crippen MR) is 135 cm³/mol. The normalized spacial score (nSPS) is 14.8. The number of aromatic nitrogens is 4. The summed E-state index contributed by atoms with van der Waals surface area (Å²) in [6.07, 6.45) is 3.25. The van der Waals surface area contributed by atoms with E-state index in [1.54, 1.807) is 35.3 Å². The molecule has 0 fully saturated rings. The Labute approximate surface area is 207 Å². The predicted octanol–water partition coefficient (Wildman–Crippen LogP) is 5.32. The van der Waals surface area contributed by atoms with Gasteiger partial charge < -0.3 is 15.4 Å². The average molecular weight is 487 g/mol. The standard InChI is InChI=1S/C26H23ClN6O2/c1-3-35-19-12-10-17(11-13-19)24-31-26-29-16(2)22(25(34)30-18-7-6-14-28-15-18)23(33(26)32-24)20-8-4-5-9-21(20)27/h4-15,23H,3H2,1-2H3,(H,30,34)(H,29,31,32). The van der Waals surface area contributed by atoms with Crippen LogP contribution in [0.4, 0.5) is 11.6 Å². The fourth-order valence-corrected chi connectivity index (χ4v) is 4.29. The van der Waals surface area contributed by atoms with Crippen molar-refractivity contribution in [1.29, 1.82) is 0 Å². The number of nitrogens with one attached hydrogen (secondary N) is 2. The van der Waals surface area contributed by atoms with Crippen molar-refractivity contribution >= 4 is 29.1 Å². The molecule has 35 heavy (non-hydrogen) atoms. The van der Waals surface area contributed by atoms with Crippen LogP contribution in [0.3, 0.4) is 0 Å². The van der Waals surface area contributed by atoms with Crippen LogP contribution in [0.15, 0.2) is 84.3 Å². The summed E-state index contributed by atoms with van der Waals surface area (Å²) in [5, 5.41) is 11.5. The van der Waals surface area contributed by atoms with Gasteiger partial charge in [-0.05, 0) is 56.3 Å². The van der Waals surface area contributed by atoms with Crippen LogP contribution in [0.5, 0.6) is 5.75 Å². The van der Waals surface area contributed by atoms with E-state index >= 15 is 0 Å². The summed E-state index contributed by atoms with van der Waals surface area (Å²) >= 11 is 6.61. The van der Waals surface area contributed by atoms with Crippen LogP contribution >= 0.6 is 11.6 Å². The monoisotopic (exact) mass is 486 g/mol. The van der Waals surface area contributed by atoms with Crippen LogP contribution in [-0.4, -0.2) is 32.3 Å². The van der Waals surface area contributed by atoms with Gasteiger partial charge in [0.15, 0.2) is 5.82 Å². The lowest BCUT2D eigenvalue weighted by Gasteiger charge is -2.29. The molecule has 0 spiro atoms. The lowest BCUT2D eigenvalue weighted by Crippen LogP contribution is -2.31. The Bertz CT molecular complexity index is 1400. The molecule has 5 rings (SSSR count). The highest BCUT2D eigenvalue weighted by atomic mass is 35.5. The third-order valence-electron chi connectivity index (χ3n) is 5.64. The third kappa shape index (κ3) is 4.48. The molecule has 1 unspecified atom stereocenters. The molecule has 1 atom stereocenters. The summed E-state index contributed by atoms with van der Waals surface area (Å²) in [6, 6.07) is 18.0. The number of halogens is 1. The van der Waals surface area contributed by atoms with E-state index in [0.29, 0.717) is 40.4 Å². The molecule has 0 radical (unpaired) electrons. The van der Waals surface area contributed by atoms with Crippen LogP contribution in [0.2, 0.25) is 5.02 Å². The molecule has 1 amide bonds. The molecular weight excluding hydrogens is 464 g/mol. The largest absolute Gasteiger partial charge is 0.494 e. The van der Waals surface area contributed by atoms with Crippen molar-refractivity contribution in [3.63, 3.8) is 0 Å². The Morgan fingerprint density at radius 2 is 1.94 bits per heavy atom. The molecule has 2 aromatic heterocycles. The first kappa shape index (κ1) is 22.6. The Hall–Kier alpha value is -4.17. The zero-order valence-corrected chi connectivity index (χ0v) is 20.0. The van der Waals surface area contributed by atoms with Gasteiger partial charge >= 0.3 is 0 Å². The molecule has 0 aliphatic carbocycles. The maximum atomic E-state index is 13.5. The lowest BCUT2D eigenvalue weighted by atomic mass is 9.95. The van der Waals surface area contributed by atoms with Gasteiger partial charge in [0.1, 0.15) is 11.8 Å². The van der Waals surface area contributed by atoms with Crippen molar-refractivity contribution in [3.8, 4) is 17.1 Å². The topological polar surface area (TPSA) is 94.0 Å². The van der Waals surface area contributed by atoms with Crippen molar-refractivity contribution in [1.82, 2.24) is 19.7 Å². The van der Waals surface area contributed by atoms with Gasteiger partial charge in [-0.3, -0.25) is 9.78 Å². The molecule has 1 aliphatic heterocycles. The van der Waals surface area contributed by atoms with Gasteiger partial charge in [-0.25, -0.2) is 4.68 Å². The number of carbonyl (C=O) groups is 1. The van der Waals surface area contributed by atoms with Crippen LogP contribution in [0, 0.1) is 0 Å². The zero-order chi connectivity index (χ0) is 24.4. The molecule has 176 valence electrons. The molecule has 2 N–H and O–H groups in total. The SMILES string of the molecule is CCOc1ccc(-c2nc3n(n2)C(c2ccccc2Cl)C(C(=O)Nc2cccnc2)=C(C)N3)cc1. The summed E-state index contributed by atoms with van der Waals surface area (Å²) in [4.78, 5) is 22.3. The van der Waals surface area contributed by atoms with Crippen LogP contribution < -0.4 is 15.4 Å². The Morgan fingerprint density at radius 1 is 1.14 bits per heavy atom. The molecule has 1 aliphatic rings. The molecule has 3 heterocycles. The maximum absolute atomic E-state index is 13.5. The number of nitrogens with zero attached hydrogens (tertiary/aromatic N) is 4. The summed E-state index contributed by atoms with van der Waals surface area (Å²) in [5.74, 6) is 1.54.